The van der Waals surface area contributed by atoms with E-state index < -0.39 is 0 Å². The second-order valence-corrected chi connectivity index (χ2v) is 5.96. The number of rotatable bonds is 5. The summed E-state index contributed by atoms with van der Waals surface area (Å²) < 4.78 is 0. The van der Waals surface area contributed by atoms with Crippen LogP contribution in [0.2, 0.25) is 0 Å². The molecule has 0 spiro atoms. The monoisotopic (exact) mass is 271 g/mol. The van der Waals surface area contributed by atoms with Crippen molar-refractivity contribution in [3.05, 3.63) is 48.0 Å². The Hall–Kier alpha value is -1.61. The van der Waals surface area contributed by atoms with Gasteiger partial charge in [0.2, 0.25) is 5.91 Å². The van der Waals surface area contributed by atoms with Crippen LogP contribution in [0.1, 0.15) is 18.4 Å². The van der Waals surface area contributed by atoms with Crippen LogP contribution in [0.15, 0.2) is 42.5 Å². The zero-order chi connectivity index (χ0) is 13.9. The maximum atomic E-state index is 12.3. The summed E-state index contributed by atoms with van der Waals surface area (Å²) in [7, 11) is 0. The number of carbonyl (C=O) groups is 1. The summed E-state index contributed by atoms with van der Waals surface area (Å²) in [5, 5.41) is 12.5. The highest BCUT2D eigenvalue weighted by Gasteiger charge is 2.40. The lowest BCUT2D eigenvalue weighted by Gasteiger charge is -2.22. The number of aliphatic hydroxyl groups excluding tert-OH is 1. The van der Waals surface area contributed by atoms with Crippen LogP contribution in [0.5, 0.6) is 0 Å². The van der Waals surface area contributed by atoms with E-state index >= 15 is 0 Å². The van der Waals surface area contributed by atoms with Gasteiger partial charge in [0.05, 0.1) is 12.6 Å². The van der Waals surface area contributed by atoms with E-state index in [1.54, 1.807) is 0 Å². The minimum Gasteiger partial charge on any atom is -0.394 e. The zero-order valence-electron chi connectivity index (χ0n) is 11.5. The Morgan fingerprint density at radius 2 is 2.05 bits per heavy atom. The molecule has 2 aliphatic carbocycles. The Balaban J connectivity index is 1.58. The van der Waals surface area contributed by atoms with Gasteiger partial charge in [-0.05, 0) is 36.7 Å². The Bertz CT molecular complexity index is 497. The van der Waals surface area contributed by atoms with Crippen molar-refractivity contribution >= 4 is 5.91 Å². The molecule has 2 N–H and O–H groups in total. The molecular weight excluding hydrogens is 250 g/mol. The van der Waals surface area contributed by atoms with Crippen LogP contribution in [-0.2, 0) is 11.2 Å². The highest BCUT2D eigenvalue weighted by Crippen LogP contribution is 2.43. The fourth-order valence-corrected chi connectivity index (χ4v) is 3.45. The molecule has 3 nitrogen and oxygen atoms in total. The Labute approximate surface area is 119 Å². The van der Waals surface area contributed by atoms with Gasteiger partial charge < -0.3 is 10.4 Å². The molecule has 3 unspecified atom stereocenters. The summed E-state index contributed by atoms with van der Waals surface area (Å²) in [5.74, 6) is 1.22. The van der Waals surface area contributed by atoms with Gasteiger partial charge in [-0.15, -0.1) is 0 Å². The number of fused-ring (bicyclic) bond motifs is 2. The van der Waals surface area contributed by atoms with Gasteiger partial charge in [-0.3, -0.25) is 4.79 Å². The maximum Gasteiger partial charge on any atom is 0.224 e. The van der Waals surface area contributed by atoms with Gasteiger partial charge in [0.15, 0.2) is 0 Å². The molecule has 3 rings (SSSR count). The van der Waals surface area contributed by atoms with Crippen LogP contribution >= 0.6 is 0 Å². The largest absolute Gasteiger partial charge is 0.394 e. The van der Waals surface area contributed by atoms with Gasteiger partial charge in [0, 0.05) is 5.92 Å². The number of hydrogen-bond acceptors (Lipinski definition) is 2. The smallest absolute Gasteiger partial charge is 0.224 e. The van der Waals surface area contributed by atoms with Gasteiger partial charge in [-0.1, -0.05) is 42.5 Å². The molecule has 1 saturated carbocycles. The molecule has 1 aromatic rings. The topological polar surface area (TPSA) is 49.3 Å². The maximum absolute atomic E-state index is 12.3. The van der Waals surface area contributed by atoms with Gasteiger partial charge in [-0.25, -0.2) is 0 Å². The van der Waals surface area contributed by atoms with E-state index in [0.29, 0.717) is 18.3 Å². The first kappa shape index (κ1) is 13.4. The summed E-state index contributed by atoms with van der Waals surface area (Å²) in [5.41, 5.74) is 1.14. The number of aliphatic hydroxyl groups is 1. The first-order valence-electron chi connectivity index (χ1n) is 7.39. The third-order valence-corrected chi connectivity index (χ3v) is 4.51. The van der Waals surface area contributed by atoms with Crippen LogP contribution < -0.4 is 5.32 Å². The lowest BCUT2D eigenvalue weighted by Crippen LogP contribution is -2.43. The van der Waals surface area contributed by atoms with Crippen molar-refractivity contribution in [3.63, 3.8) is 0 Å². The Kier molecular flexibility index (Phi) is 3.88. The molecule has 2 bridgehead atoms. The molecule has 0 saturated heterocycles. The lowest BCUT2D eigenvalue weighted by atomic mass is 9.92. The zero-order valence-corrected chi connectivity index (χ0v) is 11.5. The number of carbonyl (C=O) groups excluding carboxylic acids is 1. The summed E-state index contributed by atoms with van der Waals surface area (Å²) in [6.45, 7) is -0.0166. The predicted molar refractivity (Wildman–Crippen MR) is 78.0 cm³/mol. The molecule has 20 heavy (non-hydrogen) atoms. The van der Waals surface area contributed by atoms with E-state index in [9.17, 15) is 9.90 Å². The SMILES string of the molecule is O=C(N[C@@H](CO)Cc1ccccc1)C1CC2C=CC1C2. The van der Waals surface area contributed by atoms with Crippen LogP contribution in [0.4, 0.5) is 0 Å². The highest BCUT2D eigenvalue weighted by atomic mass is 16.3. The molecule has 4 atom stereocenters. The predicted octanol–water partition coefficient (Wildman–Crippen LogP) is 1.92. The highest BCUT2D eigenvalue weighted by molar-refractivity contribution is 5.80. The second kappa shape index (κ2) is 5.80. The minimum absolute atomic E-state index is 0.0166. The van der Waals surface area contributed by atoms with Crippen molar-refractivity contribution < 1.29 is 9.90 Å². The van der Waals surface area contributed by atoms with Gasteiger partial charge in [0.25, 0.3) is 0 Å². The minimum atomic E-state index is -0.187. The number of nitrogens with one attached hydrogen (secondary N) is 1. The molecule has 0 radical (unpaired) electrons. The number of hydrogen-bond donors (Lipinski definition) is 2. The lowest BCUT2D eigenvalue weighted by molar-refractivity contribution is -0.126. The van der Waals surface area contributed by atoms with Crippen molar-refractivity contribution in [2.75, 3.05) is 6.61 Å². The van der Waals surface area contributed by atoms with E-state index in [4.69, 9.17) is 0 Å². The Morgan fingerprint density at radius 3 is 2.65 bits per heavy atom. The summed E-state index contributed by atoms with van der Waals surface area (Å²) in [6, 6.07) is 9.79. The standard InChI is InChI=1S/C17H21NO2/c19-11-15(9-12-4-2-1-3-5-12)18-17(20)16-10-13-6-7-14(16)8-13/h1-7,13-16,19H,8-11H2,(H,18,20)/t13?,14?,15-,16?/m1/s1. The Morgan fingerprint density at radius 1 is 1.25 bits per heavy atom. The van der Waals surface area contributed by atoms with E-state index in [2.05, 4.69) is 17.5 Å². The van der Waals surface area contributed by atoms with Crippen molar-refractivity contribution in [1.82, 2.24) is 5.32 Å². The first-order valence-corrected chi connectivity index (χ1v) is 7.39. The molecule has 1 fully saturated rings. The van der Waals surface area contributed by atoms with Crippen molar-refractivity contribution in [2.24, 2.45) is 17.8 Å². The van der Waals surface area contributed by atoms with Crippen molar-refractivity contribution in [1.29, 1.82) is 0 Å². The number of allylic oxidation sites excluding steroid dienone is 2. The van der Waals surface area contributed by atoms with Crippen molar-refractivity contribution in [3.8, 4) is 0 Å². The van der Waals surface area contributed by atoms with Crippen LogP contribution in [-0.4, -0.2) is 23.7 Å². The first-order chi connectivity index (χ1) is 9.76. The second-order valence-electron chi connectivity index (χ2n) is 5.96. The summed E-state index contributed by atoms with van der Waals surface area (Å²) >= 11 is 0. The molecule has 106 valence electrons. The normalized spacial score (nSPS) is 28.6. The molecule has 2 aliphatic rings. The van der Waals surface area contributed by atoms with E-state index in [1.807, 2.05) is 30.3 Å². The number of benzene rings is 1. The molecule has 0 aromatic heterocycles. The van der Waals surface area contributed by atoms with Crippen molar-refractivity contribution in [2.45, 2.75) is 25.3 Å². The summed E-state index contributed by atoms with van der Waals surface area (Å²) in [4.78, 5) is 12.3. The molecule has 1 amide bonds. The molecule has 0 aliphatic heterocycles. The molecule has 0 heterocycles. The van der Waals surface area contributed by atoms with Crippen LogP contribution in [0.3, 0.4) is 0 Å². The third-order valence-electron chi connectivity index (χ3n) is 4.51. The third kappa shape index (κ3) is 2.78. The molecule has 1 aromatic carbocycles. The fraction of sp³-hybridized carbons (Fsp3) is 0.471. The van der Waals surface area contributed by atoms with Gasteiger partial charge >= 0.3 is 0 Å². The van der Waals surface area contributed by atoms with E-state index in [0.717, 1.165) is 18.4 Å². The van der Waals surface area contributed by atoms with E-state index in [-0.39, 0.29) is 24.5 Å². The van der Waals surface area contributed by atoms with Gasteiger partial charge in [-0.2, -0.15) is 0 Å². The fourth-order valence-electron chi connectivity index (χ4n) is 3.45. The van der Waals surface area contributed by atoms with Gasteiger partial charge in [0.1, 0.15) is 0 Å². The molecule has 3 heteroatoms. The molecular formula is C17H21NO2. The average molecular weight is 271 g/mol. The van der Waals surface area contributed by atoms with Crippen LogP contribution in [0.25, 0.3) is 0 Å². The van der Waals surface area contributed by atoms with Crippen LogP contribution in [0, 0.1) is 17.8 Å². The number of amides is 1. The average Bonchev–Trinajstić information content (AvgIpc) is 3.10. The quantitative estimate of drug-likeness (QED) is 0.804. The summed E-state index contributed by atoms with van der Waals surface area (Å²) in [6.07, 6.45) is 7.20. The van der Waals surface area contributed by atoms with E-state index in [1.165, 1.54) is 0 Å².